The van der Waals surface area contributed by atoms with Crippen LogP contribution in [0.15, 0.2) is 0 Å². The topological polar surface area (TPSA) is 237 Å². The number of hydrogen-bond donors (Lipinski definition) is 3. The van der Waals surface area contributed by atoms with Crippen LogP contribution in [0.4, 0.5) is 0 Å². The molecular formula is C69H134O17P2. The molecular weight excluding hydrogens is 1160 g/mol. The molecule has 0 aliphatic rings. The smallest absolute Gasteiger partial charge is 0.462 e. The van der Waals surface area contributed by atoms with Crippen LogP contribution in [0.2, 0.25) is 0 Å². The average molecular weight is 1300 g/mol. The number of aliphatic hydroxyl groups is 1. The maximum atomic E-state index is 13.0. The Bertz CT molecular complexity index is 1720. The summed E-state index contributed by atoms with van der Waals surface area (Å²) in [5, 5.41) is 10.5. The monoisotopic (exact) mass is 1300 g/mol. The van der Waals surface area contributed by atoms with E-state index in [4.69, 9.17) is 37.0 Å². The van der Waals surface area contributed by atoms with Crippen molar-refractivity contribution >= 4 is 39.5 Å². The minimum Gasteiger partial charge on any atom is -0.462 e. The number of aliphatic hydroxyl groups excluding tert-OH is 1. The van der Waals surface area contributed by atoms with E-state index in [9.17, 15) is 43.2 Å². The zero-order valence-corrected chi connectivity index (χ0v) is 58.8. The van der Waals surface area contributed by atoms with E-state index in [-0.39, 0.29) is 25.7 Å². The van der Waals surface area contributed by atoms with Gasteiger partial charge in [0.2, 0.25) is 0 Å². The Morgan fingerprint density at radius 2 is 0.580 bits per heavy atom. The molecule has 0 aliphatic heterocycles. The van der Waals surface area contributed by atoms with Gasteiger partial charge < -0.3 is 33.8 Å². The van der Waals surface area contributed by atoms with Crippen molar-refractivity contribution in [3.8, 4) is 0 Å². The van der Waals surface area contributed by atoms with Crippen molar-refractivity contribution in [3.05, 3.63) is 0 Å². The predicted molar refractivity (Wildman–Crippen MR) is 354 cm³/mol. The molecule has 0 rings (SSSR count). The third-order valence-corrected chi connectivity index (χ3v) is 18.2. The molecule has 0 saturated carbocycles. The van der Waals surface area contributed by atoms with Gasteiger partial charge in [-0.25, -0.2) is 9.13 Å². The first kappa shape index (κ1) is 86.1. The van der Waals surface area contributed by atoms with Crippen LogP contribution in [0.25, 0.3) is 0 Å². The number of esters is 4. The Morgan fingerprint density at radius 3 is 0.864 bits per heavy atom. The number of carbonyl (C=O) groups excluding carboxylic acids is 4. The van der Waals surface area contributed by atoms with Gasteiger partial charge >= 0.3 is 39.5 Å². The van der Waals surface area contributed by atoms with Crippen LogP contribution in [0.3, 0.4) is 0 Å². The maximum absolute atomic E-state index is 13.0. The van der Waals surface area contributed by atoms with Crippen LogP contribution in [0.5, 0.6) is 0 Å². The van der Waals surface area contributed by atoms with E-state index in [2.05, 4.69) is 41.5 Å². The number of rotatable bonds is 68. The Kier molecular flexibility index (Phi) is 59.9. The molecule has 6 atom stereocenters. The molecule has 88 heavy (non-hydrogen) atoms. The quantitative estimate of drug-likeness (QED) is 0.0222. The fourth-order valence-corrected chi connectivity index (χ4v) is 12.0. The van der Waals surface area contributed by atoms with Crippen molar-refractivity contribution in [2.75, 3.05) is 39.6 Å². The van der Waals surface area contributed by atoms with E-state index in [1.807, 2.05) is 0 Å². The summed E-state index contributed by atoms with van der Waals surface area (Å²) in [5.74, 6) is -0.623. The third-order valence-electron chi connectivity index (χ3n) is 16.3. The molecule has 17 nitrogen and oxygen atoms in total. The molecule has 0 aromatic rings. The fourth-order valence-electron chi connectivity index (χ4n) is 10.4. The fraction of sp³-hybridized carbons (Fsp3) is 0.942. The van der Waals surface area contributed by atoms with Gasteiger partial charge in [-0.05, 0) is 37.5 Å². The summed E-state index contributed by atoms with van der Waals surface area (Å²) in [6.45, 7) is 9.42. The average Bonchev–Trinajstić information content (AvgIpc) is 3.57. The first-order valence-electron chi connectivity index (χ1n) is 36.0. The third kappa shape index (κ3) is 61.6. The summed E-state index contributed by atoms with van der Waals surface area (Å²) in [6, 6.07) is 0. The molecule has 0 aliphatic carbocycles. The van der Waals surface area contributed by atoms with E-state index in [0.717, 1.165) is 108 Å². The lowest BCUT2D eigenvalue weighted by atomic mass is 10.00. The number of phosphoric acid groups is 2. The van der Waals surface area contributed by atoms with Gasteiger partial charge in [0.15, 0.2) is 12.2 Å². The van der Waals surface area contributed by atoms with Gasteiger partial charge in [0.25, 0.3) is 0 Å². The van der Waals surface area contributed by atoms with Crippen molar-refractivity contribution in [3.63, 3.8) is 0 Å². The second-order valence-electron chi connectivity index (χ2n) is 25.6. The lowest BCUT2D eigenvalue weighted by molar-refractivity contribution is -0.161. The lowest BCUT2D eigenvalue weighted by Crippen LogP contribution is -2.30. The summed E-state index contributed by atoms with van der Waals surface area (Å²) in [7, 11) is -9.89. The van der Waals surface area contributed by atoms with E-state index >= 15 is 0 Å². The van der Waals surface area contributed by atoms with Crippen LogP contribution < -0.4 is 0 Å². The van der Waals surface area contributed by atoms with Crippen molar-refractivity contribution in [2.45, 2.75) is 368 Å². The van der Waals surface area contributed by atoms with Gasteiger partial charge in [-0.1, -0.05) is 298 Å². The van der Waals surface area contributed by atoms with Crippen molar-refractivity contribution in [1.82, 2.24) is 0 Å². The van der Waals surface area contributed by atoms with Gasteiger partial charge in [-0.15, -0.1) is 0 Å². The summed E-state index contributed by atoms with van der Waals surface area (Å²) in [5.41, 5.74) is 0. The highest BCUT2D eigenvalue weighted by Gasteiger charge is 2.30. The molecule has 19 heteroatoms. The van der Waals surface area contributed by atoms with Gasteiger partial charge in [0, 0.05) is 25.7 Å². The number of hydrogen-bond acceptors (Lipinski definition) is 15. The number of carbonyl (C=O) groups is 4. The molecule has 3 N–H and O–H groups in total. The Hall–Kier alpha value is -1.94. The molecule has 0 heterocycles. The van der Waals surface area contributed by atoms with Crippen molar-refractivity contribution < 1.29 is 80.2 Å². The molecule has 0 aromatic heterocycles. The SMILES string of the molecule is CCCCCCCCCCCCCCCCCCC(=O)OC[C@H](COP(=O)(O)OC[C@@H](O)COP(=O)(O)OC[C@@H](COC(=O)CCCCCCC)OC(=O)CCCCCCCCC(C)CC)OC(=O)CCCCCCCCCCCCCCCCC(C)C. The summed E-state index contributed by atoms with van der Waals surface area (Å²) >= 11 is 0. The predicted octanol–water partition coefficient (Wildman–Crippen LogP) is 19.6. The standard InChI is InChI=1S/C69H134O17P2/c1-7-10-12-14-15-16-17-18-19-20-24-27-30-33-40-46-52-67(72)80-58-65(85-68(73)53-47-41-34-31-28-25-22-21-23-26-29-32-38-43-49-61(4)5)60-84-88(77,78)82-56-63(70)55-81-87(75,76)83-59-64(57-79-66(71)51-45-37-13-11-8-2)86-69(74)54-48-42-36-35-39-44-50-62(6)9-3/h61-65,70H,7-60H2,1-6H3,(H,75,76)(H,77,78)/t62?,63-,64+,65+/m0/s1. The molecule has 0 radical (unpaired) electrons. The van der Waals surface area contributed by atoms with Gasteiger partial charge in [-0.2, -0.15) is 0 Å². The van der Waals surface area contributed by atoms with Crippen molar-refractivity contribution in [2.24, 2.45) is 11.8 Å². The van der Waals surface area contributed by atoms with E-state index in [1.165, 1.54) is 161 Å². The zero-order valence-electron chi connectivity index (χ0n) is 57.0. The first-order valence-corrected chi connectivity index (χ1v) is 39.0. The highest BCUT2D eigenvalue weighted by Crippen LogP contribution is 2.45. The molecule has 0 saturated heterocycles. The Balaban J connectivity index is 5.16. The maximum Gasteiger partial charge on any atom is 0.472 e. The Morgan fingerprint density at radius 1 is 0.330 bits per heavy atom. The Labute approximate surface area is 537 Å². The largest absolute Gasteiger partial charge is 0.472 e. The highest BCUT2D eigenvalue weighted by atomic mass is 31.2. The minimum absolute atomic E-state index is 0.102. The molecule has 0 fully saturated rings. The van der Waals surface area contributed by atoms with Crippen LogP contribution in [0.1, 0.15) is 350 Å². The summed E-state index contributed by atoms with van der Waals surface area (Å²) in [4.78, 5) is 72.2. The molecule has 0 aromatic carbocycles. The second kappa shape index (κ2) is 61.3. The van der Waals surface area contributed by atoms with Crippen molar-refractivity contribution in [1.29, 1.82) is 0 Å². The first-order chi connectivity index (χ1) is 42.4. The number of unbranched alkanes of at least 4 members (excludes halogenated alkanes) is 37. The van der Waals surface area contributed by atoms with Gasteiger partial charge in [-0.3, -0.25) is 37.3 Å². The lowest BCUT2D eigenvalue weighted by Gasteiger charge is -2.21. The zero-order chi connectivity index (χ0) is 65.0. The van der Waals surface area contributed by atoms with E-state index in [1.54, 1.807) is 0 Å². The number of phosphoric ester groups is 2. The molecule has 3 unspecified atom stereocenters. The normalized spacial score (nSPS) is 14.5. The van der Waals surface area contributed by atoms with Crippen LogP contribution in [-0.2, 0) is 65.4 Å². The number of ether oxygens (including phenoxy) is 4. The minimum atomic E-state index is -4.95. The summed E-state index contributed by atoms with van der Waals surface area (Å²) < 4.78 is 68.0. The van der Waals surface area contributed by atoms with Gasteiger partial charge in [0.1, 0.15) is 19.3 Å². The molecule has 0 amide bonds. The second-order valence-corrected chi connectivity index (χ2v) is 28.5. The molecule has 0 spiro atoms. The summed E-state index contributed by atoms with van der Waals surface area (Å²) in [6.07, 6.45) is 46.3. The van der Waals surface area contributed by atoms with Crippen LogP contribution in [0, 0.1) is 11.8 Å². The molecule has 0 bridgehead atoms. The van der Waals surface area contributed by atoms with Gasteiger partial charge in [0.05, 0.1) is 26.4 Å². The van der Waals surface area contributed by atoms with E-state index in [0.29, 0.717) is 25.7 Å². The highest BCUT2D eigenvalue weighted by molar-refractivity contribution is 7.47. The van der Waals surface area contributed by atoms with E-state index < -0.39 is 97.5 Å². The van der Waals surface area contributed by atoms with Crippen LogP contribution >= 0.6 is 15.6 Å². The molecule has 522 valence electrons. The van der Waals surface area contributed by atoms with Crippen LogP contribution in [-0.4, -0.2) is 96.7 Å².